The normalized spacial score (nSPS) is 12.3. The molecule has 0 aliphatic carbocycles. The Kier molecular flexibility index (Phi) is 4.37. The van der Waals surface area contributed by atoms with Crippen LogP contribution in [0, 0.1) is 12.8 Å². The maximum Gasteiger partial charge on any atom is 0.328 e. The zero-order valence-corrected chi connectivity index (χ0v) is 10.8. The zero-order chi connectivity index (χ0) is 13.0. The van der Waals surface area contributed by atoms with Gasteiger partial charge in [-0.3, -0.25) is 0 Å². The summed E-state index contributed by atoms with van der Waals surface area (Å²) in [5.41, 5.74) is 8.32. The highest BCUT2D eigenvalue weighted by Crippen LogP contribution is 2.20. The summed E-state index contributed by atoms with van der Waals surface area (Å²) >= 11 is 0. The van der Waals surface area contributed by atoms with Crippen molar-refractivity contribution in [1.82, 2.24) is 0 Å². The van der Waals surface area contributed by atoms with Crippen LogP contribution in [0.1, 0.15) is 19.4 Å². The van der Waals surface area contributed by atoms with E-state index in [-0.39, 0.29) is 17.9 Å². The lowest BCUT2D eigenvalue weighted by molar-refractivity contribution is -0.142. The summed E-state index contributed by atoms with van der Waals surface area (Å²) in [6.07, 6.45) is 0. The van der Waals surface area contributed by atoms with E-state index in [1.54, 1.807) is 0 Å². The minimum absolute atomic E-state index is 0.152. The number of hydrogen-bond acceptors (Lipinski definition) is 4. The number of rotatable bonds is 4. The van der Waals surface area contributed by atoms with Gasteiger partial charge in [0.25, 0.3) is 0 Å². The second-order valence-corrected chi connectivity index (χ2v) is 4.46. The monoisotopic (exact) mass is 236 g/mol. The molecule has 0 saturated carbocycles. The molecule has 0 fully saturated rings. The lowest BCUT2D eigenvalue weighted by Gasteiger charge is -2.22. The summed E-state index contributed by atoms with van der Waals surface area (Å²) in [4.78, 5) is 11.6. The van der Waals surface area contributed by atoms with E-state index in [4.69, 9.17) is 10.5 Å². The average Bonchev–Trinajstić information content (AvgIpc) is 2.26. The molecule has 4 nitrogen and oxygen atoms in total. The first-order valence-electron chi connectivity index (χ1n) is 5.66. The van der Waals surface area contributed by atoms with Crippen molar-refractivity contribution >= 4 is 17.3 Å². The van der Waals surface area contributed by atoms with E-state index in [0.29, 0.717) is 5.69 Å². The highest BCUT2D eigenvalue weighted by atomic mass is 16.5. The molecule has 17 heavy (non-hydrogen) atoms. The number of ether oxygens (including phenoxy) is 1. The van der Waals surface area contributed by atoms with Crippen LogP contribution in [0.2, 0.25) is 0 Å². The van der Waals surface area contributed by atoms with Gasteiger partial charge in [-0.05, 0) is 36.6 Å². The van der Waals surface area contributed by atoms with Gasteiger partial charge in [-0.15, -0.1) is 0 Å². The van der Waals surface area contributed by atoms with Crippen LogP contribution in [0.15, 0.2) is 18.2 Å². The predicted octanol–water partition coefficient (Wildman–Crippen LogP) is 2.19. The number of hydrogen-bond donors (Lipinski definition) is 2. The third-order valence-electron chi connectivity index (χ3n) is 2.68. The quantitative estimate of drug-likeness (QED) is 0.621. The minimum atomic E-state index is -0.345. The van der Waals surface area contributed by atoms with Crippen molar-refractivity contribution in [2.75, 3.05) is 18.2 Å². The molecule has 94 valence electrons. The van der Waals surface area contributed by atoms with E-state index in [2.05, 4.69) is 5.32 Å². The Hall–Kier alpha value is -1.71. The van der Waals surface area contributed by atoms with Gasteiger partial charge in [0.05, 0.1) is 7.11 Å². The van der Waals surface area contributed by atoms with E-state index in [0.717, 1.165) is 11.3 Å². The number of methoxy groups -OCH3 is 1. The van der Waals surface area contributed by atoms with Crippen LogP contribution in [0.3, 0.4) is 0 Å². The van der Waals surface area contributed by atoms with Crippen LogP contribution >= 0.6 is 0 Å². The Bertz CT molecular complexity index is 402. The van der Waals surface area contributed by atoms with E-state index in [1.807, 2.05) is 39.0 Å². The van der Waals surface area contributed by atoms with Crippen molar-refractivity contribution in [2.45, 2.75) is 26.8 Å². The number of carbonyl (C=O) groups excluding carboxylic acids is 1. The molecule has 3 N–H and O–H groups in total. The van der Waals surface area contributed by atoms with Crippen LogP contribution in [0.5, 0.6) is 0 Å². The molecule has 0 radical (unpaired) electrons. The molecule has 0 aliphatic heterocycles. The summed E-state index contributed by atoms with van der Waals surface area (Å²) in [6, 6.07) is 5.21. The number of esters is 1. The summed E-state index contributed by atoms with van der Waals surface area (Å²) < 4.78 is 4.78. The van der Waals surface area contributed by atoms with Gasteiger partial charge in [-0.2, -0.15) is 0 Å². The van der Waals surface area contributed by atoms with Gasteiger partial charge in [0.1, 0.15) is 6.04 Å². The van der Waals surface area contributed by atoms with Gasteiger partial charge in [0.15, 0.2) is 0 Å². The Morgan fingerprint density at radius 1 is 1.41 bits per heavy atom. The van der Waals surface area contributed by atoms with Crippen molar-refractivity contribution in [3.05, 3.63) is 23.8 Å². The number of benzene rings is 1. The van der Waals surface area contributed by atoms with Crippen molar-refractivity contribution in [3.63, 3.8) is 0 Å². The molecule has 1 atom stereocenters. The first-order valence-corrected chi connectivity index (χ1v) is 5.66. The predicted molar refractivity (Wildman–Crippen MR) is 69.9 cm³/mol. The zero-order valence-electron chi connectivity index (χ0n) is 10.8. The van der Waals surface area contributed by atoms with E-state index in [9.17, 15) is 4.79 Å². The van der Waals surface area contributed by atoms with Crippen molar-refractivity contribution < 1.29 is 9.53 Å². The maximum absolute atomic E-state index is 11.6. The summed E-state index contributed by atoms with van der Waals surface area (Å²) in [5.74, 6) is -0.101. The van der Waals surface area contributed by atoms with E-state index < -0.39 is 0 Å². The number of carbonyl (C=O) groups is 1. The van der Waals surface area contributed by atoms with Gasteiger partial charge in [0.2, 0.25) is 0 Å². The molecule has 1 rings (SSSR count). The van der Waals surface area contributed by atoms with Gasteiger partial charge in [-0.1, -0.05) is 13.8 Å². The second-order valence-electron chi connectivity index (χ2n) is 4.46. The van der Waals surface area contributed by atoms with Crippen molar-refractivity contribution in [2.24, 2.45) is 5.92 Å². The van der Waals surface area contributed by atoms with Crippen molar-refractivity contribution in [3.8, 4) is 0 Å². The standard InChI is InChI=1S/C13H20N2O2/c1-8(2)12(13(16)17-4)15-11-6-5-10(14)7-9(11)3/h5-8,12,15H,14H2,1-4H3. The maximum atomic E-state index is 11.6. The van der Waals surface area contributed by atoms with Crippen LogP contribution in [0.4, 0.5) is 11.4 Å². The Morgan fingerprint density at radius 2 is 2.06 bits per heavy atom. The van der Waals surface area contributed by atoms with Crippen LogP contribution in [-0.2, 0) is 9.53 Å². The fourth-order valence-electron chi connectivity index (χ4n) is 1.64. The minimum Gasteiger partial charge on any atom is -0.467 e. The topological polar surface area (TPSA) is 64.3 Å². The van der Waals surface area contributed by atoms with Gasteiger partial charge < -0.3 is 15.8 Å². The lowest BCUT2D eigenvalue weighted by Crippen LogP contribution is -2.35. The SMILES string of the molecule is COC(=O)C(Nc1ccc(N)cc1C)C(C)C. The molecule has 0 heterocycles. The van der Waals surface area contributed by atoms with Crippen LogP contribution in [-0.4, -0.2) is 19.1 Å². The molecule has 1 unspecified atom stereocenters. The fraction of sp³-hybridized carbons (Fsp3) is 0.462. The number of nitrogens with two attached hydrogens (primary N) is 1. The third kappa shape index (κ3) is 3.37. The molecular weight excluding hydrogens is 216 g/mol. The molecule has 1 aromatic rings. The molecule has 0 saturated heterocycles. The molecule has 0 aromatic heterocycles. The molecule has 0 amide bonds. The highest BCUT2D eigenvalue weighted by Gasteiger charge is 2.23. The molecular formula is C13H20N2O2. The molecule has 0 spiro atoms. The van der Waals surface area contributed by atoms with Gasteiger partial charge >= 0.3 is 5.97 Å². The van der Waals surface area contributed by atoms with Gasteiger partial charge in [-0.25, -0.2) is 4.79 Å². The lowest BCUT2D eigenvalue weighted by atomic mass is 10.0. The largest absolute Gasteiger partial charge is 0.467 e. The number of nitrogen functional groups attached to an aromatic ring is 1. The Balaban J connectivity index is 2.90. The highest BCUT2D eigenvalue weighted by molar-refractivity contribution is 5.80. The van der Waals surface area contributed by atoms with Crippen LogP contribution in [0.25, 0.3) is 0 Å². The summed E-state index contributed by atoms with van der Waals surface area (Å²) in [6.45, 7) is 5.90. The second kappa shape index (κ2) is 5.57. The van der Waals surface area contributed by atoms with Crippen LogP contribution < -0.4 is 11.1 Å². The average molecular weight is 236 g/mol. The smallest absolute Gasteiger partial charge is 0.328 e. The molecule has 1 aromatic carbocycles. The number of nitrogens with one attached hydrogen (secondary N) is 1. The van der Waals surface area contributed by atoms with E-state index in [1.165, 1.54) is 7.11 Å². The molecule has 4 heteroatoms. The third-order valence-corrected chi connectivity index (χ3v) is 2.68. The molecule has 0 aliphatic rings. The first kappa shape index (κ1) is 13.4. The summed E-state index contributed by atoms with van der Waals surface area (Å²) in [5, 5.41) is 3.19. The number of anilines is 2. The molecule has 0 bridgehead atoms. The Labute approximate surface area is 102 Å². The number of aryl methyl sites for hydroxylation is 1. The van der Waals surface area contributed by atoms with Gasteiger partial charge in [0, 0.05) is 11.4 Å². The van der Waals surface area contributed by atoms with E-state index >= 15 is 0 Å². The first-order chi connectivity index (χ1) is 7.95. The van der Waals surface area contributed by atoms with Crippen molar-refractivity contribution in [1.29, 1.82) is 0 Å². The fourth-order valence-corrected chi connectivity index (χ4v) is 1.64. The summed E-state index contributed by atoms with van der Waals surface area (Å²) in [7, 11) is 1.40. The Morgan fingerprint density at radius 3 is 2.53 bits per heavy atom.